The maximum absolute atomic E-state index is 13.8. The van der Waals surface area contributed by atoms with Gasteiger partial charge in [0.05, 0.1) is 6.04 Å². The Bertz CT molecular complexity index is 1210. The lowest BCUT2D eigenvalue weighted by atomic mass is 9.94. The van der Waals surface area contributed by atoms with E-state index in [0.29, 0.717) is 18.0 Å². The van der Waals surface area contributed by atoms with Gasteiger partial charge in [0.2, 0.25) is 0 Å². The molecule has 1 atom stereocenters. The van der Waals surface area contributed by atoms with E-state index < -0.39 is 0 Å². The van der Waals surface area contributed by atoms with Crippen molar-refractivity contribution in [2.24, 2.45) is 7.05 Å². The first-order chi connectivity index (χ1) is 17.6. The Balaban J connectivity index is 1.15. The SMILES string of the molecule is Cn1cc2cc(CN3CCC(N4C(=O)N(C5CCCCC5)C[C@H]4c4ccccc4)CC3)ccc2c1O. The highest BCUT2D eigenvalue weighted by Gasteiger charge is 2.45. The largest absolute Gasteiger partial charge is 0.494 e. The van der Waals surface area contributed by atoms with Crippen molar-refractivity contribution in [2.75, 3.05) is 19.6 Å². The van der Waals surface area contributed by atoms with E-state index in [1.807, 2.05) is 19.3 Å². The van der Waals surface area contributed by atoms with Crippen molar-refractivity contribution >= 4 is 16.8 Å². The van der Waals surface area contributed by atoms with E-state index in [4.69, 9.17) is 0 Å². The molecule has 3 aliphatic rings. The van der Waals surface area contributed by atoms with Crippen molar-refractivity contribution in [1.82, 2.24) is 19.3 Å². The third-order valence-electron chi connectivity index (χ3n) is 8.75. The Hall–Kier alpha value is -2.99. The first-order valence-corrected chi connectivity index (χ1v) is 13.7. The van der Waals surface area contributed by atoms with E-state index in [1.54, 1.807) is 4.57 Å². The molecule has 3 aromatic rings. The number of fused-ring (bicyclic) bond motifs is 1. The molecule has 1 N–H and O–H groups in total. The quantitative estimate of drug-likeness (QED) is 0.506. The topological polar surface area (TPSA) is 52.0 Å². The number of hydrogen-bond donors (Lipinski definition) is 1. The summed E-state index contributed by atoms with van der Waals surface area (Å²) in [7, 11) is 1.87. The molecule has 6 nitrogen and oxygen atoms in total. The molecule has 0 bridgehead atoms. The molecule has 190 valence electrons. The smallest absolute Gasteiger partial charge is 0.321 e. The number of aromatic nitrogens is 1. The van der Waals surface area contributed by atoms with Gasteiger partial charge in [-0.25, -0.2) is 4.79 Å². The van der Waals surface area contributed by atoms with E-state index in [1.165, 1.54) is 30.4 Å². The summed E-state index contributed by atoms with van der Waals surface area (Å²) in [4.78, 5) is 20.8. The predicted molar refractivity (Wildman–Crippen MR) is 143 cm³/mol. The molecule has 1 aliphatic carbocycles. The number of amides is 2. The van der Waals surface area contributed by atoms with Crippen LogP contribution in [0.25, 0.3) is 10.8 Å². The predicted octanol–water partition coefficient (Wildman–Crippen LogP) is 5.66. The number of rotatable bonds is 5. The van der Waals surface area contributed by atoms with Gasteiger partial charge in [0.1, 0.15) is 0 Å². The van der Waals surface area contributed by atoms with E-state index in [-0.39, 0.29) is 12.1 Å². The third-order valence-corrected chi connectivity index (χ3v) is 8.75. The van der Waals surface area contributed by atoms with Crippen LogP contribution < -0.4 is 0 Å². The summed E-state index contributed by atoms with van der Waals surface area (Å²) in [5.41, 5.74) is 2.54. The fourth-order valence-electron chi connectivity index (χ4n) is 6.78. The Morgan fingerprint density at radius 1 is 0.917 bits per heavy atom. The number of carbonyl (C=O) groups excluding carboxylic acids is 1. The first kappa shape index (κ1) is 23.4. The van der Waals surface area contributed by atoms with E-state index in [0.717, 1.165) is 62.6 Å². The molecule has 1 aromatic heterocycles. The van der Waals surface area contributed by atoms with Gasteiger partial charge in [-0.2, -0.15) is 0 Å². The molecule has 6 heteroatoms. The highest BCUT2D eigenvalue weighted by Crippen LogP contribution is 2.38. The number of aryl methyl sites for hydroxylation is 1. The normalized spacial score (nSPS) is 22.7. The van der Waals surface area contributed by atoms with Crippen molar-refractivity contribution in [2.45, 2.75) is 69.6 Å². The first-order valence-electron chi connectivity index (χ1n) is 13.7. The van der Waals surface area contributed by atoms with Gasteiger partial charge in [0, 0.05) is 62.3 Å². The lowest BCUT2D eigenvalue weighted by Crippen LogP contribution is -2.48. The Labute approximate surface area is 214 Å². The second-order valence-electron chi connectivity index (χ2n) is 11.1. The van der Waals surface area contributed by atoms with Crippen LogP contribution in [0.3, 0.4) is 0 Å². The molecular weight excluding hydrogens is 448 g/mol. The minimum absolute atomic E-state index is 0.158. The highest BCUT2D eigenvalue weighted by atomic mass is 16.3. The third kappa shape index (κ3) is 4.36. The van der Waals surface area contributed by atoms with Crippen LogP contribution in [0.4, 0.5) is 4.79 Å². The number of urea groups is 1. The fraction of sp³-hybridized carbons (Fsp3) is 0.500. The van der Waals surface area contributed by atoms with Crippen LogP contribution in [-0.2, 0) is 13.6 Å². The summed E-state index contributed by atoms with van der Waals surface area (Å²) < 4.78 is 1.77. The maximum atomic E-state index is 13.8. The summed E-state index contributed by atoms with van der Waals surface area (Å²) in [5, 5.41) is 12.2. The van der Waals surface area contributed by atoms with E-state index in [9.17, 15) is 9.90 Å². The molecule has 6 rings (SSSR count). The maximum Gasteiger partial charge on any atom is 0.321 e. The van der Waals surface area contributed by atoms with Crippen LogP contribution in [0.15, 0.2) is 54.7 Å². The summed E-state index contributed by atoms with van der Waals surface area (Å²) in [5.74, 6) is 0.322. The van der Waals surface area contributed by atoms with Crippen LogP contribution in [0.1, 0.15) is 62.1 Å². The Morgan fingerprint density at radius 2 is 1.67 bits per heavy atom. The van der Waals surface area contributed by atoms with E-state index >= 15 is 0 Å². The lowest BCUT2D eigenvalue weighted by molar-refractivity contribution is 0.106. The number of benzene rings is 2. The van der Waals surface area contributed by atoms with Gasteiger partial charge >= 0.3 is 6.03 Å². The van der Waals surface area contributed by atoms with Crippen molar-refractivity contribution in [3.63, 3.8) is 0 Å². The van der Waals surface area contributed by atoms with Crippen LogP contribution in [0.5, 0.6) is 5.88 Å². The van der Waals surface area contributed by atoms with Crippen molar-refractivity contribution < 1.29 is 9.90 Å². The highest BCUT2D eigenvalue weighted by molar-refractivity contribution is 5.88. The molecule has 1 saturated carbocycles. The number of carbonyl (C=O) groups is 1. The van der Waals surface area contributed by atoms with Gasteiger partial charge in [0.25, 0.3) is 0 Å². The molecule has 3 fully saturated rings. The average Bonchev–Trinajstić information content (AvgIpc) is 3.41. The zero-order valence-corrected chi connectivity index (χ0v) is 21.4. The van der Waals surface area contributed by atoms with Gasteiger partial charge in [-0.05, 0) is 48.9 Å². The number of likely N-dealkylation sites (tertiary alicyclic amines) is 1. The second-order valence-corrected chi connectivity index (χ2v) is 11.1. The van der Waals surface area contributed by atoms with Crippen LogP contribution in [0.2, 0.25) is 0 Å². The summed E-state index contributed by atoms with van der Waals surface area (Å²) in [6, 6.07) is 18.1. The van der Waals surface area contributed by atoms with Gasteiger partial charge in [0.15, 0.2) is 5.88 Å². The number of aromatic hydroxyl groups is 1. The van der Waals surface area contributed by atoms with Gasteiger partial charge in [-0.1, -0.05) is 55.7 Å². The molecule has 36 heavy (non-hydrogen) atoms. The molecule has 2 aromatic carbocycles. The molecule has 0 radical (unpaired) electrons. The minimum Gasteiger partial charge on any atom is -0.494 e. The van der Waals surface area contributed by atoms with Crippen molar-refractivity contribution in [1.29, 1.82) is 0 Å². The van der Waals surface area contributed by atoms with Crippen LogP contribution >= 0.6 is 0 Å². The summed E-state index contributed by atoms with van der Waals surface area (Å²) in [6.07, 6.45) is 10.1. The molecule has 2 aliphatic heterocycles. The zero-order valence-electron chi connectivity index (χ0n) is 21.4. The summed E-state index contributed by atoms with van der Waals surface area (Å²) in [6.45, 7) is 3.73. The number of hydrogen-bond acceptors (Lipinski definition) is 3. The minimum atomic E-state index is 0.158. The lowest BCUT2D eigenvalue weighted by Gasteiger charge is -2.39. The van der Waals surface area contributed by atoms with Crippen molar-refractivity contribution in [3.8, 4) is 5.88 Å². The Morgan fingerprint density at radius 3 is 2.42 bits per heavy atom. The molecule has 0 spiro atoms. The second kappa shape index (κ2) is 9.81. The standard InChI is InChI=1S/C30H38N4O2/c1-31-20-24-18-22(12-13-27(24)29(31)35)19-32-16-14-26(15-17-32)34-28(23-8-4-2-5-9-23)21-33(30(34)36)25-10-6-3-7-11-25/h2,4-5,8-9,12-13,18,20,25-26,28,35H,3,6-7,10-11,14-17,19,21H2,1H3/t28-/m0/s1. The average molecular weight is 487 g/mol. The number of nitrogens with zero attached hydrogens (tertiary/aromatic N) is 4. The van der Waals surface area contributed by atoms with Gasteiger partial charge < -0.3 is 19.5 Å². The fourth-order valence-corrected chi connectivity index (χ4v) is 6.78. The molecule has 2 amide bonds. The van der Waals surface area contributed by atoms with Gasteiger partial charge in [-0.15, -0.1) is 0 Å². The monoisotopic (exact) mass is 486 g/mol. The van der Waals surface area contributed by atoms with Crippen LogP contribution in [0, 0.1) is 0 Å². The molecule has 2 saturated heterocycles. The molecule has 0 unspecified atom stereocenters. The Kier molecular flexibility index (Phi) is 6.38. The number of piperidine rings is 1. The molecular formula is C30H38N4O2. The molecule has 3 heterocycles. The zero-order chi connectivity index (χ0) is 24.6. The van der Waals surface area contributed by atoms with Crippen LogP contribution in [-0.4, -0.2) is 62.1 Å². The van der Waals surface area contributed by atoms with Gasteiger partial charge in [-0.3, -0.25) is 4.90 Å². The van der Waals surface area contributed by atoms with E-state index in [2.05, 4.69) is 57.2 Å². The summed E-state index contributed by atoms with van der Waals surface area (Å²) >= 11 is 0. The van der Waals surface area contributed by atoms with Crippen molar-refractivity contribution in [3.05, 3.63) is 65.9 Å².